The van der Waals surface area contributed by atoms with Crippen LogP contribution < -0.4 is 16.3 Å². The molecule has 3 nitrogen and oxygen atoms in total. The number of hydrogen-bond acceptors (Lipinski definition) is 1. The third-order valence-electron chi connectivity index (χ3n) is 4.05. The van der Waals surface area contributed by atoms with Gasteiger partial charge >= 0.3 is 0 Å². The summed E-state index contributed by atoms with van der Waals surface area (Å²) in [4.78, 5) is 0. The zero-order valence-electron chi connectivity index (χ0n) is 17.6. The van der Waals surface area contributed by atoms with Crippen molar-refractivity contribution in [2.75, 3.05) is 0 Å². The minimum absolute atomic E-state index is 0.268. The maximum Gasteiger partial charge on any atom is 0.129 e. The summed E-state index contributed by atoms with van der Waals surface area (Å²) in [5.74, 6) is 0.266. The first-order valence-corrected chi connectivity index (χ1v) is 9.89. The van der Waals surface area contributed by atoms with Gasteiger partial charge in [-0.05, 0) is 47.9 Å². The van der Waals surface area contributed by atoms with Gasteiger partial charge in [-0.1, -0.05) is 64.4 Å². The lowest BCUT2D eigenvalue weighted by molar-refractivity contribution is 0.597. The molecule has 0 aliphatic carbocycles. The van der Waals surface area contributed by atoms with Crippen LogP contribution in [-0.4, -0.2) is 10.9 Å². The number of nitrogens with one attached hydrogen (secondary N) is 1. The normalized spacial score (nSPS) is 12.0. The van der Waals surface area contributed by atoms with E-state index in [1.54, 1.807) is 6.07 Å². The molecule has 0 saturated carbocycles. The standard InChI is InChI=1S/C20H23ClFN.C2H6.CH4N2/c1-5-14(2)7-6-8-20-16(4)9-10-23(20)13-17-18(21)11-15(3)12-19(17)22;1-2;2-1-3/h6-12,14H,4-5,13H2,1-3H3;1-2H3;1H,(H3,2,3)/b7-6-,20-8+;;/t14-;;/m1../s1. The summed E-state index contributed by atoms with van der Waals surface area (Å²) in [5.41, 5.74) is 5.72. The van der Waals surface area contributed by atoms with Crippen LogP contribution in [0.5, 0.6) is 0 Å². The number of allylic oxidation sites excluding steroid dienone is 2. The number of aryl methyl sites for hydroxylation is 1. The number of rotatable bonds is 5. The third kappa shape index (κ3) is 8.13. The quantitative estimate of drug-likeness (QED) is 0.533. The molecule has 2 rings (SSSR count). The van der Waals surface area contributed by atoms with Gasteiger partial charge in [0.05, 0.1) is 12.9 Å². The molecule has 0 aliphatic rings. The van der Waals surface area contributed by atoms with E-state index in [1.807, 2.05) is 49.8 Å². The summed E-state index contributed by atoms with van der Waals surface area (Å²) < 4.78 is 16.2. The van der Waals surface area contributed by atoms with E-state index >= 15 is 0 Å². The Hall–Kier alpha value is -2.33. The molecule has 2 aromatic rings. The molecule has 154 valence electrons. The largest absolute Gasteiger partial charge is 0.390 e. The van der Waals surface area contributed by atoms with Crippen molar-refractivity contribution < 1.29 is 4.39 Å². The van der Waals surface area contributed by atoms with Gasteiger partial charge in [-0.25, -0.2) is 4.39 Å². The first kappa shape index (κ1) is 25.7. The number of nitrogens with zero attached hydrogens (tertiary/aromatic N) is 1. The van der Waals surface area contributed by atoms with E-state index in [4.69, 9.17) is 17.0 Å². The van der Waals surface area contributed by atoms with Gasteiger partial charge < -0.3 is 10.3 Å². The van der Waals surface area contributed by atoms with Crippen molar-refractivity contribution in [3.05, 3.63) is 69.1 Å². The molecule has 0 amide bonds. The average Bonchev–Trinajstić information content (AvgIpc) is 3.00. The van der Waals surface area contributed by atoms with Crippen LogP contribution in [0.3, 0.4) is 0 Å². The molecular formula is C23H33ClFN3. The van der Waals surface area contributed by atoms with Gasteiger partial charge in [-0.2, -0.15) is 0 Å². The zero-order chi connectivity index (χ0) is 21.7. The number of aromatic nitrogens is 1. The van der Waals surface area contributed by atoms with Gasteiger partial charge in [0, 0.05) is 22.1 Å². The van der Waals surface area contributed by atoms with E-state index in [-0.39, 0.29) is 5.82 Å². The van der Waals surface area contributed by atoms with Crippen molar-refractivity contribution in [3.8, 4) is 0 Å². The van der Waals surface area contributed by atoms with Crippen LogP contribution in [0, 0.1) is 24.1 Å². The van der Waals surface area contributed by atoms with E-state index in [0.29, 0.717) is 23.0 Å². The molecule has 28 heavy (non-hydrogen) atoms. The highest BCUT2D eigenvalue weighted by molar-refractivity contribution is 6.31. The second-order valence-electron chi connectivity index (χ2n) is 6.17. The monoisotopic (exact) mass is 405 g/mol. The Kier molecular flexibility index (Phi) is 12.6. The maximum absolute atomic E-state index is 14.2. The number of hydrogen-bond donors (Lipinski definition) is 2. The van der Waals surface area contributed by atoms with Crippen molar-refractivity contribution >= 4 is 30.6 Å². The molecule has 0 bridgehead atoms. The van der Waals surface area contributed by atoms with E-state index in [9.17, 15) is 4.39 Å². The van der Waals surface area contributed by atoms with Crippen LogP contribution in [0.1, 0.15) is 45.2 Å². The molecule has 1 aromatic carbocycles. The first-order chi connectivity index (χ1) is 13.3. The lowest BCUT2D eigenvalue weighted by atomic mass is 10.1. The molecule has 1 heterocycles. The second-order valence-corrected chi connectivity index (χ2v) is 6.57. The third-order valence-corrected chi connectivity index (χ3v) is 4.38. The summed E-state index contributed by atoms with van der Waals surface area (Å²) in [6.07, 6.45) is 10.0. The SMILES string of the molecule is C=c1ccn(Cc2c(F)cc(C)cc2Cl)/c1=C/C=C\[C@H](C)CC.CC.N=CN. The van der Waals surface area contributed by atoms with Crippen molar-refractivity contribution in [1.29, 1.82) is 5.41 Å². The summed E-state index contributed by atoms with van der Waals surface area (Å²) in [6, 6.07) is 5.24. The minimum Gasteiger partial charge on any atom is -0.390 e. The van der Waals surface area contributed by atoms with Crippen molar-refractivity contribution in [1.82, 2.24) is 4.57 Å². The molecule has 0 fully saturated rings. The number of benzene rings is 1. The number of halogens is 2. The molecule has 0 spiro atoms. The predicted octanol–water partition coefficient (Wildman–Crippen LogP) is 5.01. The molecule has 0 unspecified atom stereocenters. The highest BCUT2D eigenvalue weighted by Gasteiger charge is 2.09. The molecule has 1 aromatic heterocycles. The van der Waals surface area contributed by atoms with Crippen LogP contribution in [0.4, 0.5) is 4.39 Å². The Labute approximate surface area is 173 Å². The Morgan fingerprint density at radius 1 is 1.36 bits per heavy atom. The summed E-state index contributed by atoms with van der Waals surface area (Å²) in [5, 5.41) is 8.21. The van der Waals surface area contributed by atoms with Crippen LogP contribution in [0.2, 0.25) is 5.02 Å². The Morgan fingerprint density at radius 2 is 1.96 bits per heavy atom. The zero-order valence-corrected chi connectivity index (χ0v) is 18.4. The fraction of sp³-hybridized carbons (Fsp3) is 0.348. The predicted molar refractivity (Wildman–Crippen MR) is 122 cm³/mol. The molecule has 0 saturated heterocycles. The summed E-state index contributed by atoms with van der Waals surface area (Å²) in [6.45, 7) is 14.6. The summed E-state index contributed by atoms with van der Waals surface area (Å²) >= 11 is 6.22. The van der Waals surface area contributed by atoms with E-state index in [0.717, 1.165) is 28.9 Å². The van der Waals surface area contributed by atoms with Crippen molar-refractivity contribution in [2.45, 2.75) is 47.6 Å². The highest BCUT2D eigenvalue weighted by Crippen LogP contribution is 2.21. The first-order valence-electron chi connectivity index (χ1n) is 9.51. The van der Waals surface area contributed by atoms with Gasteiger partial charge in [0.2, 0.25) is 0 Å². The fourth-order valence-corrected chi connectivity index (χ4v) is 2.72. The minimum atomic E-state index is -0.268. The van der Waals surface area contributed by atoms with Crippen LogP contribution in [-0.2, 0) is 6.54 Å². The molecule has 1 atom stereocenters. The van der Waals surface area contributed by atoms with Crippen LogP contribution in [0.25, 0.3) is 12.7 Å². The van der Waals surface area contributed by atoms with E-state index in [2.05, 4.69) is 32.2 Å². The number of nitrogens with two attached hydrogens (primary N) is 1. The molecule has 3 N–H and O–H groups in total. The highest BCUT2D eigenvalue weighted by atomic mass is 35.5. The topological polar surface area (TPSA) is 54.8 Å². The Balaban J connectivity index is 0.00000133. The molecular weight excluding hydrogens is 373 g/mol. The molecule has 0 aliphatic heterocycles. The Morgan fingerprint density at radius 3 is 2.50 bits per heavy atom. The van der Waals surface area contributed by atoms with E-state index < -0.39 is 0 Å². The average molecular weight is 406 g/mol. The molecule has 5 heteroatoms. The van der Waals surface area contributed by atoms with E-state index in [1.165, 1.54) is 6.07 Å². The van der Waals surface area contributed by atoms with Crippen LogP contribution >= 0.6 is 11.6 Å². The van der Waals surface area contributed by atoms with Gasteiger partial charge in [0.25, 0.3) is 0 Å². The van der Waals surface area contributed by atoms with Crippen molar-refractivity contribution in [3.63, 3.8) is 0 Å². The smallest absolute Gasteiger partial charge is 0.129 e. The van der Waals surface area contributed by atoms with Gasteiger partial charge in [0.1, 0.15) is 5.82 Å². The van der Waals surface area contributed by atoms with Crippen molar-refractivity contribution in [2.24, 2.45) is 11.7 Å². The fourth-order valence-electron chi connectivity index (χ4n) is 2.39. The van der Waals surface area contributed by atoms with Gasteiger partial charge in [-0.15, -0.1) is 0 Å². The van der Waals surface area contributed by atoms with Crippen LogP contribution in [0.15, 0.2) is 36.5 Å². The molecule has 0 radical (unpaired) electrons. The van der Waals surface area contributed by atoms with Gasteiger partial charge in [-0.3, -0.25) is 5.41 Å². The van der Waals surface area contributed by atoms with Gasteiger partial charge in [0.15, 0.2) is 0 Å². The second kappa shape index (κ2) is 13.8. The lowest BCUT2D eigenvalue weighted by Crippen LogP contribution is -2.28. The lowest BCUT2D eigenvalue weighted by Gasteiger charge is -2.09. The maximum atomic E-state index is 14.2. The Bertz CT molecular complexity index is 845. The summed E-state index contributed by atoms with van der Waals surface area (Å²) in [7, 11) is 0.